The van der Waals surface area contributed by atoms with E-state index in [9.17, 15) is 25.3 Å². The Kier molecular flexibility index (Phi) is 8.37. The van der Waals surface area contributed by atoms with Crippen LogP contribution in [0.3, 0.4) is 0 Å². The molecule has 0 saturated carbocycles. The van der Waals surface area contributed by atoms with Gasteiger partial charge in [-0.15, -0.1) is 19.9 Å². The highest BCUT2D eigenvalue weighted by atomic mass is 16.4. The van der Waals surface area contributed by atoms with Crippen LogP contribution in [0.2, 0.25) is 0 Å². The molecule has 1 fully saturated rings. The quantitative estimate of drug-likeness (QED) is 0.235. The second-order valence-electron chi connectivity index (χ2n) is 7.65. The Bertz CT molecular complexity index is 822. The average Bonchev–Trinajstić information content (AvgIpc) is 3.32. The van der Waals surface area contributed by atoms with E-state index in [1.54, 1.807) is 18.2 Å². The lowest BCUT2D eigenvalue weighted by atomic mass is 9.94. The van der Waals surface area contributed by atoms with Gasteiger partial charge >= 0.3 is 0 Å². The summed E-state index contributed by atoms with van der Waals surface area (Å²) in [6.07, 6.45) is 1.50. The minimum Gasteiger partial charge on any atom is -0.395 e. The number of hydrogen-bond acceptors (Lipinski definition) is 11. The summed E-state index contributed by atoms with van der Waals surface area (Å²) in [6, 6.07) is 4.55. The number of β-amino-alcohol motifs (C(OH)–C–C–N with tert-alkyl or cyclic N) is 1. The number of rotatable bonds is 11. The summed E-state index contributed by atoms with van der Waals surface area (Å²) in [4.78, 5) is 14.3. The molecule has 0 aliphatic carbocycles. The van der Waals surface area contributed by atoms with Gasteiger partial charge in [-0.05, 0) is 48.0 Å². The molecule has 1 aliphatic heterocycles. The third-order valence-electron chi connectivity index (χ3n) is 5.56. The van der Waals surface area contributed by atoms with Crippen molar-refractivity contribution >= 4 is 11.4 Å². The first-order valence-electron chi connectivity index (χ1n) is 10.4. The van der Waals surface area contributed by atoms with Crippen LogP contribution in [0.1, 0.15) is 25.7 Å². The van der Waals surface area contributed by atoms with Gasteiger partial charge in [-0.2, -0.15) is 0 Å². The van der Waals surface area contributed by atoms with E-state index in [-0.39, 0.29) is 18.8 Å². The fourth-order valence-electron chi connectivity index (χ4n) is 3.81. The van der Waals surface area contributed by atoms with Gasteiger partial charge in [0.25, 0.3) is 0 Å². The molecular weight excluding hydrogens is 406 g/mol. The lowest BCUT2D eigenvalue weighted by Crippen LogP contribution is -2.62. The zero-order valence-electron chi connectivity index (χ0n) is 17.2. The van der Waals surface area contributed by atoms with Crippen LogP contribution in [0, 0.1) is 4.91 Å². The number of unbranched alkanes of at least 4 members (excludes halogenated alkanes) is 3. The lowest BCUT2D eigenvalue weighted by molar-refractivity contribution is -0.145. The van der Waals surface area contributed by atoms with Crippen molar-refractivity contribution in [2.75, 3.05) is 31.6 Å². The molecule has 4 atom stereocenters. The molecule has 0 spiro atoms. The van der Waals surface area contributed by atoms with E-state index in [0.29, 0.717) is 24.5 Å². The summed E-state index contributed by atoms with van der Waals surface area (Å²) in [5.74, 6) is 0. The Hall–Kier alpha value is -2.51. The monoisotopic (exact) mass is 435 g/mol. The van der Waals surface area contributed by atoms with Gasteiger partial charge in [0.2, 0.25) is 0 Å². The van der Waals surface area contributed by atoms with E-state index >= 15 is 0 Å². The fourth-order valence-corrected chi connectivity index (χ4v) is 3.81. The van der Waals surface area contributed by atoms with Gasteiger partial charge in [-0.3, -0.25) is 4.90 Å². The molecule has 1 aliphatic rings. The molecule has 2 heterocycles. The molecule has 1 saturated heterocycles. The molecule has 12 nitrogen and oxygen atoms in total. The molecule has 5 N–H and O–H groups in total. The number of anilines is 1. The third-order valence-corrected chi connectivity index (χ3v) is 5.56. The van der Waals surface area contributed by atoms with Gasteiger partial charge in [0, 0.05) is 13.1 Å². The molecule has 0 radical (unpaired) electrons. The summed E-state index contributed by atoms with van der Waals surface area (Å²) in [6.45, 7) is 1.26. The molecule has 12 heteroatoms. The summed E-state index contributed by atoms with van der Waals surface area (Å²) in [5, 5.41) is 56.7. The van der Waals surface area contributed by atoms with Gasteiger partial charge in [-0.1, -0.05) is 12.8 Å². The van der Waals surface area contributed by atoms with Crippen molar-refractivity contribution in [3.63, 3.8) is 0 Å². The maximum atomic E-state index is 11.2. The number of aliphatic hydroxyl groups excluding tert-OH is 4. The van der Waals surface area contributed by atoms with Crippen molar-refractivity contribution in [2.45, 2.75) is 50.0 Å². The molecule has 1 aromatic heterocycles. The van der Waals surface area contributed by atoms with E-state index in [1.807, 2.05) is 4.90 Å². The largest absolute Gasteiger partial charge is 0.395 e. The number of tetrazole rings is 1. The fraction of sp³-hybridized carbons (Fsp3) is 0.632. The van der Waals surface area contributed by atoms with E-state index < -0.39 is 24.4 Å². The van der Waals surface area contributed by atoms with Crippen molar-refractivity contribution in [1.82, 2.24) is 25.1 Å². The number of nitrogens with one attached hydrogen (secondary N) is 1. The predicted molar refractivity (Wildman–Crippen MR) is 112 cm³/mol. The van der Waals surface area contributed by atoms with Gasteiger partial charge in [-0.25, -0.2) is 0 Å². The Morgan fingerprint density at radius 1 is 1.13 bits per heavy atom. The molecule has 0 amide bonds. The normalized spacial score (nSPS) is 24.3. The van der Waals surface area contributed by atoms with Gasteiger partial charge < -0.3 is 25.7 Å². The Balaban J connectivity index is 1.37. The van der Waals surface area contributed by atoms with Crippen LogP contribution in [0.5, 0.6) is 0 Å². The van der Waals surface area contributed by atoms with Crippen LogP contribution in [0.25, 0.3) is 5.69 Å². The van der Waals surface area contributed by atoms with Crippen molar-refractivity contribution < 1.29 is 20.4 Å². The van der Waals surface area contributed by atoms with Crippen molar-refractivity contribution in [3.05, 3.63) is 29.4 Å². The highest BCUT2D eigenvalue weighted by Gasteiger charge is 2.40. The molecule has 0 bridgehead atoms. The minimum atomic E-state index is -1.23. The van der Waals surface area contributed by atoms with Crippen LogP contribution < -0.4 is 5.32 Å². The number of aliphatic hydroxyl groups is 4. The molecule has 1 aromatic carbocycles. The molecule has 3 rings (SSSR count). The van der Waals surface area contributed by atoms with Crippen LogP contribution in [0.4, 0.5) is 11.4 Å². The molecule has 0 unspecified atom stereocenters. The van der Waals surface area contributed by atoms with E-state index in [0.717, 1.165) is 25.7 Å². The first-order valence-corrected chi connectivity index (χ1v) is 10.4. The number of hydrogen-bond donors (Lipinski definition) is 5. The van der Waals surface area contributed by atoms with E-state index in [1.165, 1.54) is 11.1 Å². The molecule has 31 heavy (non-hydrogen) atoms. The van der Waals surface area contributed by atoms with Crippen LogP contribution in [0.15, 0.2) is 29.7 Å². The van der Waals surface area contributed by atoms with E-state index in [4.69, 9.17) is 0 Å². The number of likely N-dealkylation sites (tertiary alicyclic amines) is 1. The first-order chi connectivity index (χ1) is 15.0. The zero-order chi connectivity index (χ0) is 22.2. The molecular formula is C19H29N7O5. The number of nitroso groups, excluding NO2 is 1. The number of benzene rings is 1. The summed E-state index contributed by atoms with van der Waals surface area (Å²) in [7, 11) is 0. The molecule has 2 aromatic rings. The summed E-state index contributed by atoms with van der Waals surface area (Å²) >= 11 is 0. The number of piperidine rings is 1. The Morgan fingerprint density at radius 3 is 2.65 bits per heavy atom. The van der Waals surface area contributed by atoms with Crippen LogP contribution in [-0.4, -0.2) is 96.1 Å². The minimum absolute atomic E-state index is 0.229. The predicted octanol–water partition coefficient (Wildman–Crippen LogP) is -0.208. The molecule has 170 valence electrons. The van der Waals surface area contributed by atoms with Gasteiger partial charge in [0.1, 0.15) is 17.9 Å². The van der Waals surface area contributed by atoms with Crippen LogP contribution in [-0.2, 0) is 0 Å². The topological polar surface area (TPSA) is 169 Å². The van der Waals surface area contributed by atoms with E-state index in [2.05, 4.69) is 25.9 Å². The second-order valence-corrected chi connectivity index (χ2v) is 7.65. The van der Waals surface area contributed by atoms with Gasteiger partial charge in [0.05, 0.1) is 30.1 Å². The maximum absolute atomic E-state index is 11.2. The van der Waals surface area contributed by atoms with Crippen LogP contribution >= 0.6 is 0 Å². The summed E-state index contributed by atoms with van der Waals surface area (Å²) < 4.78 is 0. The van der Waals surface area contributed by atoms with Crippen molar-refractivity contribution in [2.24, 2.45) is 5.18 Å². The Labute approximate surface area is 179 Å². The SMILES string of the molecule is O=Nc1cc(-n2ncnn2)ccc1NCCCCCCN1C[C@H](O)[C@@H](O)[C@H](O)[C@H]1CO. The highest BCUT2D eigenvalue weighted by molar-refractivity contribution is 5.68. The average molecular weight is 435 g/mol. The van der Waals surface area contributed by atoms with Crippen molar-refractivity contribution in [3.8, 4) is 5.69 Å². The number of aromatic nitrogens is 4. The van der Waals surface area contributed by atoms with Gasteiger partial charge in [0.15, 0.2) is 6.33 Å². The Morgan fingerprint density at radius 2 is 1.94 bits per heavy atom. The third kappa shape index (κ3) is 5.80. The zero-order valence-corrected chi connectivity index (χ0v) is 17.2. The number of nitrogens with zero attached hydrogens (tertiary/aromatic N) is 6. The summed E-state index contributed by atoms with van der Waals surface area (Å²) in [5.41, 5.74) is 1.51. The maximum Gasteiger partial charge on any atom is 0.162 e. The first kappa shape index (κ1) is 23.2. The highest BCUT2D eigenvalue weighted by Crippen LogP contribution is 2.27. The smallest absolute Gasteiger partial charge is 0.162 e. The second kappa shape index (κ2) is 11.2. The lowest BCUT2D eigenvalue weighted by Gasteiger charge is -2.43. The van der Waals surface area contributed by atoms with Crippen molar-refractivity contribution in [1.29, 1.82) is 0 Å². The standard InChI is InChI=1S/C19H29N7O5/c27-11-16-18(29)19(30)17(28)10-25(16)8-4-2-1-3-7-20-14-6-5-13(9-15(14)23-31)26-22-12-21-24-26/h5-6,9,12,16-20,27-30H,1-4,7-8,10-11H2/t16-,17+,18-,19-/m1/s1.